The predicted molar refractivity (Wildman–Crippen MR) is 221 cm³/mol. The van der Waals surface area contributed by atoms with Gasteiger partial charge in [-0.05, 0) is 69.3 Å². The van der Waals surface area contributed by atoms with Crippen LogP contribution in [0.5, 0.6) is 0 Å². The van der Waals surface area contributed by atoms with Gasteiger partial charge in [0, 0.05) is 34.6 Å². The van der Waals surface area contributed by atoms with Crippen LogP contribution in [0.2, 0.25) is 0 Å². The smallest absolute Gasteiger partial charge is 0.160 e. The zero-order chi connectivity index (χ0) is 36.1. The summed E-state index contributed by atoms with van der Waals surface area (Å²) in [6, 6.07) is 67.3. The Labute approximate surface area is 315 Å². The molecule has 0 unspecified atom stereocenters. The molecule has 0 bridgehead atoms. The first-order valence-corrected chi connectivity index (χ1v) is 18.0. The van der Waals surface area contributed by atoms with Crippen LogP contribution in [0.3, 0.4) is 0 Å². The molecular weight excluding hydrogens is 657 g/mol. The van der Waals surface area contributed by atoms with Gasteiger partial charge in [-0.1, -0.05) is 164 Å². The van der Waals surface area contributed by atoms with Gasteiger partial charge in [0.15, 0.2) is 5.82 Å². The van der Waals surface area contributed by atoms with Gasteiger partial charge in [0.25, 0.3) is 0 Å². The summed E-state index contributed by atoms with van der Waals surface area (Å²) in [4.78, 5) is 19.2. The lowest BCUT2D eigenvalue weighted by atomic mass is 9.97. The Morgan fingerprint density at radius 1 is 0.241 bits per heavy atom. The summed E-state index contributed by atoms with van der Waals surface area (Å²) in [6.07, 6.45) is 3.70. The van der Waals surface area contributed by atoms with Gasteiger partial charge in [0.05, 0.1) is 22.8 Å². The van der Waals surface area contributed by atoms with Crippen molar-refractivity contribution < 1.29 is 0 Å². The summed E-state index contributed by atoms with van der Waals surface area (Å²) in [5, 5.41) is 0. The number of benzene rings is 6. The second kappa shape index (κ2) is 14.7. The Hall–Kier alpha value is -7.30. The maximum absolute atomic E-state index is 5.05. The molecule has 4 nitrogen and oxygen atoms in total. The van der Waals surface area contributed by atoms with Gasteiger partial charge in [0.1, 0.15) is 0 Å². The average Bonchev–Trinajstić information content (AvgIpc) is 3.27. The molecule has 54 heavy (non-hydrogen) atoms. The van der Waals surface area contributed by atoms with Crippen LogP contribution in [0, 0.1) is 0 Å². The van der Waals surface area contributed by atoms with Crippen molar-refractivity contribution in [3.8, 4) is 89.8 Å². The van der Waals surface area contributed by atoms with Crippen molar-refractivity contribution in [3.05, 3.63) is 207 Å². The minimum atomic E-state index is 0.705. The van der Waals surface area contributed by atoms with E-state index in [9.17, 15) is 0 Å². The van der Waals surface area contributed by atoms with E-state index < -0.39 is 0 Å². The third kappa shape index (κ3) is 6.97. The number of hydrogen-bond donors (Lipinski definition) is 0. The lowest BCUT2D eigenvalue weighted by Crippen LogP contribution is -1.96. The van der Waals surface area contributed by atoms with Crippen molar-refractivity contribution in [2.75, 3.05) is 0 Å². The van der Waals surface area contributed by atoms with E-state index in [4.69, 9.17) is 9.97 Å². The summed E-state index contributed by atoms with van der Waals surface area (Å²) in [5.74, 6) is 0.705. The molecule has 3 heterocycles. The summed E-state index contributed by atoms with van der Waals surface area (Å²) in [5.41, 5.74) is 15.8. The molecule has 254 valence electrons. The molecule has 0 aliphatic carbocycles. The number of nitrogens with zero attached hydrogens (tertiary/aromatic N) is 4. The molecular formula is C50H34N4. The van der Waals surface area contributed by atoms with Crippen LogP contribution < -0.4 is 0 Å². The van der Waals surface area contributed by atoms with E-state index in [1.807, 2.05) is 54.7 Å². The first kappa shape index (κ1) is 32.6. The number of pyridine rings is 2. The number of rotatable bonds is 8. The molecule has 0 radical (unpaired) electrons. The van der Waals surface area contributed by atoms with Crippen LogP contribution in [0.25, 0.3) is 89.8 Å². The Balaban J connectivity index is 0.954. The standard InChI is InChI=1S/C50H34N4/c1-3-10-35(11-4-1)43-14-9-15-44(32-43)49-33-48(53-50(54-49)42-12-5-2-6-13-42)41-27-25-39(26-28-41)37-19-17-36(18-20-37)38-21-23-40(24-22-38)45-29-30-47(52-34-45)46-16-7-8-31-51-46/h1-34H. The zero-order valence-corrected chi connectivity index (χ0v) is 29.4. The number of aromatic nitrogens is 4. The highest BCUT2D eigenvalue weighted by molar-refractivity contribution is 5.78. The highest BCUT2D eigenvalue weighted by Gasteiger charge is 2.12. The van der Waals surface area contributed by atoms with Crippen LogP contribution >= 0.6 is 0 Å². The van der Waals surface area contributed by atoms with Crippen molar-refractivity contribution in [2.45, 2.75) is 0 Å². The molecule has 0 saturated carbocycles. The minimum absolute atomic E-state index is 0.705. The van der Waals surface area contributed by atoms with Crippen molar-refractivity contribution >= 4 is 0 Å². The molecule has 0 aliphatic heterocycles. The molecule has 4 heteroatoms. The van der Waals surface area contributed by atoms with Crippen LogP contribution in [0.4, 0.5) is 0 Å². The molecule has 0 N–H and O–H groups in total. The van der Waals surface area contributed by atoms with Crippen molar-refractivity contribution in [1.29, 1.82) is 0 Å². The molecule has 0 amide bonds. The summed E-state index contributed by atoms with van der Waals surface area (Å²) in [6.45, 7) is 0. The summed E-state index contributed by atoms with van der Waals surface area (Å²) in [7, 11) is 0. The van der Waals surface area contributed by atoms with E-state index in [2.05, 4.69) is 156 Å². The maximum atomic E-state index is 5.05. The van der Waals surface area contributed by atoms with Crippen LogP contribution in [-0.2, 0) is 0 Å². The second-order valence-corrected chi connectivity index (χ2v) is 13.2. The minimum Gasteiger partial charge on any atom is -0.255 e. The maximum Gasteiger partial charge on any atom is 0.160 e. The van der Waals surface area contributed by atoms with Gasteiger partial charge in [0.2, 0.25) is 0 Å². The third-order valence-corrected chi connectivity index (χ3v) is 9.66. The quantitative estimate of drug-likeness (QED) is 0.159. The van der Waals surface area contributed by atoms with E-state index >= 15 is 0 Å². The van der Waals surface area contributed by atoms with E-state index in [0.717, 1.165) is 67.3 Å². The molecule has 9 aromatic rings. The fraction of sp³-hybridized carbons (Fsp3) is 0. The van der Waals surface area contributed by atoms with Gasteiger partial charge >= 0.3 is 0 Å². The SMILES string of the molecule is c1ccc(-c2cccc(-c3cc(-c4ccc(-c5ccc(-c6ccc(-c7ccc(-c8ccccn8)nc7)cc6)cc5)cc4)nc(-c4ccccc4)n3)c2)cc1. The summed E-state index contributed by atoms with van der Waals surface area (Å²) >= 11 is 0. The highest BCUT2D eigenvalue weighted by Crippen LogP contribution is 2.32. The first-order chi connectivity index (χ1) is 26.7. The van der Waals surface area contributed by atoms with Gasteiger partial charge in [-0.15, -0.1) is 0 Å². The van der Waals surface area contributed by atoms with E-state index in [1.165, 1.54) is 16.7 Å². The fourth-order valence-corrected chi connectivity index (χ4v) is 6.72. The molecule has 9 rings (SSSR count). The molecule has 6 aromatic carbocycles. The Bertz CT molecular complexity index is 2640. The third-order valence-electron chi connectivity index (χ3n) is 9.66. The molecule has 0 aliphatic rings. The first-order valence-electron chi connectivity index (χ1n) is 18.0. The molecule has 0 fully saturated rings. The lowest BCUT2D eigenvalue weighted by molar-refractivity contribution is 1.18. The van der Waals surface area contributed by atoms with Gasteiger partial charge in [-0.2, -0.15) is 0 Å². The molecule has 0 spiro atoms. The largest absolute Gasteiger partial charge is 0.255 e. The van der Waals surface area contributed by atoms with Crippen molar-refractivity contribution in [1.82, 2.24) is 19.9 Å². The second-order valence-electron chi connectivity index (χ2n) is 13.2. The topological polar surface area (TPSA) is 51.6 Å². The molecule has 0 atom stereocenters. The van der Waals surface area contributed by atoms with E-state index in [1.54, 1.807) is 6.20 Å². The summed E-state index contributed by atoms with van der Waals surface area (Å²) < 4.78 is 0. The van der Waals surface area contributed by atoms with Gasteiger partial charge in [-0.25, -0.2) is 9.97 Å². The van der Waals surface area contributed by atoms with Crippen LogP contribution in [0.1, 0.15) is 0 Å². The fourth-order valence-electron chi connectivity index (χ4n) is 6.72. The van der Waals surface area contributed by atoms with Crippen LogP contribution in [-0.4, -0.2) is 19.9 Å². The van der Waals surface area contributed by atoms with Crippen molar-refractivity contribution in [2.24, 2.45) is 0 Å². The van der Waals surface area contributed by atoms with E-state index in [0.29, 0.717) is 5.82 Å². The average molecular weight is 691 g/mol. The lowest BCUT2D eigenvalue weighted by Gasteiger charge is -2.11. The highest BCUT2D eigenvalue weighted by atomic mass is 14.9. The number of hydrogen-bond acceptors (Lipinski definition) is 4. The van der Waals surface area contributed by atoms with E-state index in [-0.39, 0.29) is 0 Å². The normalized spacial score (nSPS) is 11.0. The monoisotopic (exact) mass is 690 g/mol. The Morgan fingerprint density at radius 2 is 0.685 bits per heavy atom. The zero-order valence-electron chi connectivity index (χ0n) is 29.4. The predicted octanol–water partition coefficient (Wildman–Crippen LogP) is 12.6. The van der Waals surface area contributed by atoms with Gasteiger partial charge < -0.3 is 0 Å². The molecule has 3 aromatic heterocycles. The van der Waals surface area contributed by atoms with Crippen LogP contribution in [0.15, 0.2) is 207 Å². The Kier molecular flexibility index (Phi) is 8.90. The Morgan fingerprint density at radius 3 is 1.24 bits per heavy atom. The van der Waals surface area contributed by atoms with Crippen molar-refractivity contribution in [3.63, 3.8) is 0 Å². The van der Waals surface area contributed by atoms with Gasteiger partial charge in [-0.3, -0.25) is 9.97 Å². The molecule has 0 saturated heterocycles.